The summed E-state index contributed by atoms with van der Waals surface area (Å²) in [7, 11) is 0. The number of aryl methyl sites for hydroxylation is 1. The molecule has 0 amide bonds. The van der Waals surface area contributed by atoms with Crippen LogP contribution in [0, 0.1) is 12.7 Å². The van der Waals surface area contributed by atoms with Crippen LogP contribution < -0.4 is 4.74 Å². The maximum atomic E-state index is 13.9. The summed E-state index contributed by atoms with van der Waals surface area (Å²) in [6, 6.07) is 9.58. The van der Waals surface area contributed by atoms with Crippen molar-refractivity contribution in [1.29, 1.82) is 0 Å². The Labute approximate surface area is 122 Å². The minimum absolute atomic E-state index is 0.143. The van der Waals surface area contributed by atoms with Crippen LogP contribution >= 0.6 is 11.6 Å². The number of aliphatic hydroxyl groups is 1. The van der Waals surface area contributed by atoms with Gasteiger partial charge in [0.15, 0.2) is 0 Å². The van der Waals surface area contributed by atoms with Crippen molar-refractivity contribution in [1.82, 2.24) is 0 Å². The second kappa shape index (κ2) is 6.25. The lowest BCUT2D eigenvalue weighted by Crippen LogP contribution is -2.06. The fourth-order valence-corrected chi connectivity index (χ4v) is 2.24. The van der Waals surface area contributed by atoms with Gasteiger partial charge in [-0.2, -0.15) is 0 Å². The Balaban J connectivity index is 2.49. The maximum Gasteiger partial charge on any atom is 0.129 e. The Morgan fingerprint density at radius 3 is 2.65 bits per heavy atom. The van der Waals surface area contributed by atoms with E-state index in [2.05, 4.69) is 0 Å². The van der Waals surface area contributed by atoms with Crippen molar-refractivity contribution in [2.75, 3.05) is 6.61 Å². The molecule has 0 saturated carbocycles. The third kappa shape index (κ3) is 3.11. The zero-order valence-corrected chi connectivity index (χ0v) is 12.1. The van der Waals surface area contributed by atoms with E-state index < -0.39 is 11.9 Å². The lowest BCUT2D eigenvalue weighted by Gasteiger charge is -2.17. The minimum Gasteiger partial charge on any atom is -0.493 e. The quantitative estimate of drug-likeness (QED) is 0.912. The van der Waals surface area contributed by atoms with Gasteiger partial charge in [0.25, 0.3) is 0 Å². The van der Waals surface area contributed by atoms with Crippen LogP contribution in [0.4, 0.5) is 4.39 Å². The van der Waals surface area contributed by atoms with Gasteiger partial charge in [0.2, 0.25) is 0 Å². The molecular weight excluding hydrogens is 279 g/mol. The average molecular weight is 295 g/mol. The Morgan fingerprint density at radius 2 is 1.95 bits per heavy atom. The van der Waals surface area contributed by atoms with Crippen LogP contribution in [0.3, 0.4) is 0 Å². The average Bonchev–Trinajstić information content (AvgIpc) is 2.43. The van der Waals surface area contributed by atoms with Crippen molar-refractivity contribution in [3.8, 4) is 5.75 Å². The van der Waals surface area contributed by atoms with Crippen LogP contribution in [0.15, 0.2) is 36.4 Å². The van der Waals surface area contributed by atoms with Crippen molar-refractivity contribution >= 4 is 11.6 Å². The van der Waals surface area contributed by atoms with E-state index in [9.17, 15) is 9.50 Å². The summed E-state index contributed by atoms with van der Waals surface area (Å²) in [5.41, 5.74) is 1.64. The van der Waals surface area contributed by atoms with E-state index in [4.69, 9.17) is 16.3 Å². The van der Waals surface area contributed by atoms with Gasteiger partial charge in [0.1, 0.15) is 17.7 Å². The standard InChI is InChI=1S/C16H16ClFO2/c1-3-20-15-7-4-10(2)8-13(15)16(19)12-9-11(17)5-6-14(12)18/h4-9,16,19H,3H2,1-2H3. The molecule has 106 valence electrons. The molecule has 0 radical (unpaired) electrons. The molecule has 0 heterocycles. The number of ether oxygens (including phenoxy) is 1. The number of benzene rings is 2. The fourth-order valence-electron chi connectivity index (χ4n) is 2.06. The monoisotopic (exact) mass is 294 g/mol. The molecule has 0 aliphatic heterocycles. The first kappa shape index (κ1) is 14.8. The van der Waals surface area contributed by atoms with Gasteiger partial charge in [-0.15, -0.1) is 0 Å². The van der Waals surface area contributed by atoms with Crippen molar-refractivity contribution in [2.45, 2.75) is 20.0 Å². The number of rotatable bonds is 4. The molecule has 2 aromatic rings. The smallest absolute Gasteiger partial charge is 0.129 e. The van der Waals surface area contributed by atoms with Gasteiger partial charge in [-0.25, -0.2) is 4.39 Å². The molecule has 0 fully saturated rings. The van der Waals surface area contributed by atoms with Crippen LogP contribution in [-0.4, -0.2) is 11.7 Å². The Morgan fingerprint density at radius 1 is 1.20 bits per heavy atom. The van der Waals surface area contributed by atoms with Crippen LogP contribution in [0.2, 0.25) is 5.02 Å². The molecule has 0 spiro atoms. The Kier molecular flexibility index (Phi) is 4.63. The number of hydrogen-bond donors (Lipinski definition) is 1. The summed E-state index contributed by atoms with van der Waals surface area (Å²) >= 11 is 5.87. The van der Waals surface area contributed by atoms with E-state index in [1.54, 1.807) is 12.1 Å². The molecule has 20 heavy (non-hydrogen) atoms. The summed E-state index contributed by atoms with van der Waals surface area (Å²) in [6.07, 6.45) is -1.12. The molecule has 1 atom stereocenters. The van der Waals surface area contributed by atoms with Crippen molar-refractivity contribution in [2.24, 2.45) is 0 Å². The number of halogens is 2. The third-order valence-electron chi connectivity index (χ3n) is 3.01. The highest BCUT2D eigenvalue weighted by atomic mass is 35.5. The van der Waals surface area contributed by atoms with Gasteiger partial charge in [0.05, 0.1) is 6.61 Å². The summed E-state index contributed by atoms with van der Waals surface area (Å²) in [5.74, 6) is 0.0517. The van der Waals surface area contributed by atoms with Crippen molar-refractivity contribution < 1.29 is 14.2 Å². The molecule has 2 rings (SSSR count). The van der Waals surface area contributed by atoms with E-state index in [0.717, 1.165) is 5.56 Å². The molecule has 4 heteroatoms. The molecule has 0 bridgehead atoms. The predicted octanol–water partition coefficient (Wildman–Crippen LogP) is 4.27. The van der Waals surface area contributed by atoms with E-state index in [-0.39, 0.29) is 5.56 Å². The topological polar surface area (TPSA) is 29.5 Å². The first-order valence-corrected chi connectivity index (χ1v) is 6.77. The fraction of sp³-hybridized carbons (Fsp3) is 0.250. The molecule has 0 saturated heterocycles. The molecule has 0 aromatic heterocycles. The van der Waals surface area contributed by atoms with Gasteiger partial charge >= 0.3 is 0 Å². The summed E-state index contributed by atoms with van der Waals surface area (Å²) in [4.78, 5) is 0. The van der Waals surface area contributed by atoms with Crippen LogP contribution in [0.1, 0.15) is 29.7 Å². The first-order valence-electron chi connectivity index (χ1n) is 6.39. The lowest BCUT2D eigenvalue weighted by atomic mass is 9.98. The van der Waals surface area contributed by atoms with Crippen LogP contribution in [-0.2, 0) is 0 Å². The zero-order valence-electron chi connectivity index (χ0n) is 11.4. The third-order valence-corrected chi connectivity index (χ3v) is 3.25. The second-order valence-corrected chi connectivity index (χ2v) is 4.98. The summed E-state index contributed by atoms with van der Waals surface area (Å²) in [5, 5.41) is 10.8. The summed E-state index contributed by atoms with van der Waals surface area (Å²) < 4.78 is 19.4. The summed E-state index contributed by atoms with van der Waals surface area (Å²) in [6.45, 7) is 4.23. The maximum absolute atomic E-state index is 13.9. The number of hydrogen-bond acceptors (Lipinski definition) is 2. The van der Waals surface area contributed by atoms with E-state index in [0.29, 0.717) is 22.9 Å². The molecule has 1 N–H and O–H groups in total. The van der Waals surface area contributed by atoms with E-state index in [1.165, 1.54) is 18.2 Å². The molecule has 2 aromatic carbocycles. The van der Waals surface area contributed by atoms with E-state index in [1.807, 2.05) is 19.9 Å². The molecular formula is C16H16ClFO2. The number of aliphatic hydroxyl groups excluding tert-OH is 1. The molecule has 1 unspecified atom stereocenters. The largest absolute Gasteiger partial charge is 0.493 e. The predicted molar refractivity (Wildman–Crippen MR) is 77.8 cm³/mol. The van der Waals surface area contributed by atoms with E-state index >= 15 is 0 Å². The highest BCUT2D eigenvalue weighted by Gasteiger charge is 2.19. The highest BCUT2D eigenvalue weighted by molar-refractivity contribution is 6.30. The Hall–Kier alpha value is -1.58. The van der Waals surface area contributed by atoms with Gasteiger partial charge < -0.3 is 9.84 Å². The zero-order chi connectivity index (χ0) is 14.7. The molecule has 0 aliphatic carbocycles. The molecule has 2 nitrogen and oxygen atoms in total. The van der Waals surface area contributed by atoms with Crippen molar-refractivity contribution in [3.63, 3.8) is 0 Å². The molecule has 0 aliphatic rings. The minimum atomic E-state index is -1.12. The Bertz CT molecular complexity index is 613. The normalized spacial score (nSPS) is 12.2. The van der Waals surface area contributed by atoms with Crippen molar-refractivity contribution in [3.05, 3.63) is 63.9 Å². The SMILES string of the molecule is CCOc1ccc(C)cc1C(O)c1cc(Cl)ccc1F. The van der Waals surface area contributed by atoms with Gasteiger partial charge in [0, 0.05) is 16.1 Å². The highest BCUT2D eigenvalue weighted by Crippen LogP contribution is 2.33. The first-order chi connectivity index (χ1) is 9.52. The van der Waals surface area contributed by atoms with Gasteiger partial charge in [-0.1, -0.05) is 23.2 Å². The van der Waals surface area contributed by atoms with Crippen LogP contribution in [0.5, 0.6) is 5.75 Å². The lowest BCUT2D eigenvalue weighted by molar-refractivity contribution is 0.207. The van der Waals surface area contributed by atoms with Crippen LogP contribution in [0.25, 0.3) is 0 Å². The van der Waals surface area contributed by atoms with Gasteiger partial charge in [-0.05, 0) is 44.2 Å². The van der Waals surface area contributed by atoms with Gasteiger partial charge in [-0.3, -0.25) is 0 Å². The second-order valence-electron chi connectivity index (χ2n) is 4.54.